The average molecular weight is 622 g/mol. The first kappa shape index (κ1) is 29.9. The van der Waals surface area contributed by atoms with Crippen LogP contribution in [0.4, 0.5) is 21.0 Å². The van der Waals surface area contributed by atoms with E-state index in [0.29, 0.717) is 18.0 Å². The number of para-hydroxylation sites is 2. The molecule has 3 aliphatic rings. The molecule has 0 aliphatic carbocycles. The molecule has 2 amide bonds. The number of benzene rings is 4. The highest BCUT2D eigenvalue weighted by Crippen LogP contribution is 2.57. The van der Waals surface area contributed by atoms with E-state index in [1.54, 1.807) is 0 Å². The molecule has 4 aromatic carbocycles. The molecule has 0 bridgehead atoms. The first-order chi connectivity index (χ1) is 22.3. The zero-order valence-corrected chi connectivity index (χ0v) is 25.6. The van der Waals surface area contributed by atoms with Crippen molar-refractivity contribution in [2.45, 2.75) is 56.9 Å². The Kier molecular flexibility index (Phi) is 7.95. The summed E-state index contributed by atoms with van der Waals surface area (Å²) in [5.41, 5.74) is 2.41. The van der Waals surface area contributed by atoms with E-state index in [2.05, 4.69) is 15.5 Å². The van der Waals surface area contributed by atoms with Crippen LogP contribution in [0.3, 0.4) is 0 Å². The van der Waals surface area contributed by atoms with Crippen LogP contribution in [-0.2, 0) is 48.1 Å². The van der Waals surface area contributed by atoms with Crippen LogP contribution in [0, 0.1) is 0 Å². The SMILES string of the molecule is C[C@@]1(c2ccccc2NC(=O)OCc2ccccc2)O[C@H]2CO[C@@H]3N2[C@H]1O[C@@]3(C)c1ccccc1NC(=O)OCc1ccccc1. The van der Waals surface area contributed by atoms with Gasteiger partial charge in [-0.15, -0.1) is 0 Å². The summed E-state index contributed by atoms with van der Waals surface area (Å²) in [4.78, 5) is 27.8. The molecule has 10 heteroatoms. The second-order valence-corrected chi connectivity index (χ2v) is 11.9. The summed E-state index contributed by atoms with van der Waals surface area (Å²) in [6.07, 6.45) is -2.59. The highest BCUT2D eigenvalue weighted by atomic mass is 16.7. The number of nitrogens with one attached hydrogen (secondary N) is 2. The first-order valence-corrected chi connectivity index (χ1v) is 15.2. The molecule has 3 fully saturated rings. The molecule has 5 atom stereocenters. The lowest BCUT2D eigenvalue weighted by Gasteiger charge is -2.34. The molecule has 3 aliphatic heterocycles. The van der Waals surface area contributed by atoms with Crippen molar-refractivity contribution in [3.05, 3.63) is 131 Å². The lowest BCUT2D eigenvalue weighted by atomic mass is 9.92. The summed E-state index contributed by atoms with van der Waals surface area (Å²) in [6, 6.07) is 34.0. The standard InChI is InChI=1S/C36H35N3O7/c1-35(26-17-9-11-19-28(26)37-33(40)43-21-24-13-5-3-6-14-24)31-39-30(23-42-31)45-36(2,32(39)46-35)27-18-10-12-20-29(27)38-34(41)44-22-25-15-7-4-8-16-25/h3-20,30-32H,21-23H2,1-2H3,(H,37,40)(H,38,41)/t30-,31-,32-,35-,36-/m0/s1. The van der Waals surface area contributed by atoms with Crippen molar-refractivity contribution in [2.75, 3.05) is 17.2 Å². The third kappa shape index (κ3) is 5.50. The van der Waals surface area contributed by atoms with Gasteiger partial charge in [-0.1, -0.05) is 97.1 Å². The smallest absolute Gasteiger partial charge is 0.411 e. The first-order valence-electron chi connectivity index (χ1n) is 15.2. The normalized spacial score (nSPS) is 26.3. The fourth-order valence-electron chi connectivity index (χ4n) is 6.58. The summed E-state index contributed by atoms with van der Waals surface area (Å²) in [5.74, 6) is 0. The summed E-state index contributed by atoms with van der Waals surface area (Å²) in [7, 11) is 0. The number of carbonyl (C=O) groups is 2. The van der Waals surface area contributed by atoms with Crippen LogP contribution in [0.15, 0.2) is 109 Å². The number of carbonyl (C=O) groups excluding carboxylic acids is 2. The van der Waals surface area contributed by atoms with Crippen molar-refractivity contribution in [3.63, 3.8) is 0 Å². The fraction of sp³-hybridized carbons (Fsp3) is 0.278. The van der Waals surface area contributed by atoms with Crippen molar-refractivity contribution >= 4 is 23.6 Å². The predicted octanol–water partition coefficient (Wildman–Crippen LogP) is 6.69. The van der Waals surface area contributed by atoms with Gasteiger partial charge >= 0.3 is 12.2 Å². The second-order valence-electron chi connectivity index (χ2n) is 11.9. The van der Waals surface area contributed by atoms with Crippen LogP contribution in [0.5, 0.6) is 0 Å². The zero-order chi connectivity index (χ0) is 31.7. The van der Waals surface area contributed by atoms with E-state index < -0.39 is 35.8 Å². The van der Waals surface area contributed by atoms with Gasteiger partial charge < -0.3 is 23.7 Å². The fourth-order valence-corrected chi connectivity index (χ4v) is 6.58. The van der Waals surface area contributed by atoms with Crippen molar-refractivity contribution in [1.82, 2.24) is 4.90 Å². The minimum Gasteiger partial charge on any atom is -0.444 e. The topological polar surface area (TPSA) is 108 Å². The Morgan fingerprint density at radius 3 is 1.65 bits per heavy atom. The van der Waals surface area contributed by atoms with Crippen molar-refractivity contribution < 1.29 is 33.3 Å². The molecular formula is C36H35N3O7. The van der Waals surface area contributed by atoms with Gasteiger partial charge in [0.25, 0.3) is 0 Å². The molecule has 236 valence electrons. The molecule has 0 radical (unpaired) electrons. The lowest BCUT2D eigenvalue weighted by molar-refractivity contribution is -0.137. The number of amides is 2. The molecule has 4 aromatic rings. The van der Waals surface area contributed by atoms with Gasteiger partial charge in [-0.3, -0.25) is 10.6 Å². The highest BCUT2D eigenvalue weighted by Gasteiger charge is 2.68. The lowest BCUT2D eigenvalue weighted by Crippen LogP contribution is -2.41. The van der Waals surface area contributed by atoms with Crippen LogP contribution in [0.2, 0.25) is 0 Å². The molecule has 10 nitrogen and oxygen atoms in total. The van der Waals surface area contributed by atoms with E-state index >= 15 is 0 Å². The molecule has 0 aromatic heterocycles. The van der Waals surface area contributed by atoms with Gasteiger partial charge in [0.2, 0.25) is 0 Å². The van der Waals surface area contributed by atoms with E-state index in [4.69, 9.17) is 23.7 Å². The summed E-state index contributed by atoms with van der Waals surface area (Å²) < 4.78 is 30.8. The van der Waals surface area contributed by atoms with E-state index in [0.717, 1.165) is 22.3 Å². The molecule has 46 heavy (non-hydrogen) atoms. The van der Waals surface area contributed by atoms with Gasteiger partial charge in [-0.2, -0.15) is 0 Å². The Hall–Kier alpha value is -4.74. The minimum atomic E-state index is -0.981. The Morgan fingerprint density at radius 2 is 1.13 bits per heavy atom. The molecule has 7 rings (SSSR count). The molecule has 3 heterocycles. The van der Waals surface area contributed by atoms with Gasteiger partial charge in [0.05, 0.1) is 18.0 Å². The molecule has 0 saturated carbocycles. The molecule has 0 spiro atoms. The molecule has 0 unspecified atom stereocenters. The number of anilines is 2. The number of nitrogens with zero attached hydrogens (tertiary/aromatic N) is 1. The van der Waals surface area contributed by atoms with Crippen molar-refractivity contribution in [2.24, 2.45) is 0 Å². The Bertz CT molecular complexity index is 1620. The number of hydrogen-bond acceptors (Lipinski definition) is 8. The zero-order valence-electron chi connectivity index (χ0n) is 25.6. The van der Waals surface area contributed by atoms with Crippen LogP contribution in [0.1, 0.15) is 36.1 Å². The average Bonchev–Trinajstić information content (AvgIpc) is 3.72. The van der Waals surface area contributed by atoms with E-state index in [1.165, 1.54) is 0 Å². The third-order valence-electron chi connectivity index (χ3n) is 8.77. The molecule has 2 N–H and O–H groups in total. The van der Waals surface area contributed by atoms with Crippen molar-refractivity contribution in [1.29, 1.82) is 0 Å². The Morgan fingerprint density at radius 1 is 0.674 bits per heavy atom. The minimum absolute atomic E-state index is 0.148. The molecule has 3 saturated heterocycles. The van der Waals surface area contributed by atoms with E-state index in [9.17, 15) is 9.59 Å². The summed E-state index contributed by atoms with van der Waals surface area (Å²) in [6.45, 7) is 4.54. The van der Waals surface area contributed by atoms with Crippen LogP contribution < -0.4 is 10.6 Å². The van der Waals surface area contributed by atoms with Gasteiger partial charge in [-0.05, 0) is 37.1 Å². The van der Waals surface area contributed by atoms with Gasteiger partial charge in [0.15, 0.2) is 0 Å². The Labute approximate surface area is 267 Å². The number of ether oxygens (including phenoxy) is 5. The summed E-state index contributed by atoms with van der Waals surface area (Å²) in [5, 5.41) is 5.81. The quantitative estimate of drug-likeness (QED) is 0.224. The van der Waals surface area contributed by atoms with Gasteiger partial charge in [-0.25, -0.2) is 14.5 Å². The van der Waals surface area contributed by atoms with Crippen molar-refractivity contribution in [3.8, 4) is 0 Å². The summed E-state index contributed by atoms with van der Waals surface area (Å²) >= 11 is 0. The maximum absolute atomic E-state index is 12.9. The predicted molar refractivity (Wildman–Crippen MR) is 169 cm³/mol. The highest BCUT2D eigenvalue weighted by molar-refractivity contribution is 5.86. The molecular weight excluding hydrogens is 586 g/mol. The number of hydrogen-bond donors (Lipinski definition) is 2. The van der Waals surface area contributed by atoms with Gasteiger partial charge in [0, 0.05) is 11.1 Å². The monoisotopic (exact) mass is 621 g/mol. The third-order valence-corrected chi connectivity index (χ3v) is 8.77. The maximum atomic E-state index is 12.9. The maximum Gasteiger partial charge on any atom is 0.411 e. The largest absolute Gasteiger partial charge is 0.444 e. The number of rotatable bonds is 8. The van der Waals surface area contributed by atoms with Crippen LogP contribution >= 0.6 is 0 Å². The van der Waals surface area contributed by atoms with Gasteiger partial charge in [0.1, 0.15) is 43.1 Å². The van der Waals surface area contributed by atoms with E-state index in [-0.39, 0.29) is 19.4 Å². The van der Waals surface area contributed by atoms with E-state index in [1.807, 2.05) is 123 Å². The Balaban J connectivity index is 1.11. The van der Waals surface area contributed by atoms with Crippen LogP contribution in [-0.4, -0.2) is 42.4 Å². The van der Waals surface area contributed by atoms with Crippen LogP contribution in [0.25, 0.3) is 0 Å². The second kappa shape index (κ2) is 12.2.